The van der Waals surface area contributed by atoms with Crippen molar-refractivity contribution in [1.29, 1.82) is 0 Å². The van der Waals surface area contributed by atoms with Gasteiger partial charge in [0.05, 0.1) is 0 Å². The molecule has 24 heavy (non-hydrogen) atoms. The normalized spacial score (nSPS) is 10.1. The number of anilines is 1. The summed E-state index contributed by atoms with van der Waals surface area (Å²) in [6.45, 7) is 0.862. The van der Waals surface area contributed by atoms with Crippen molar-refractivity contribution >= 4 is 29.2 Å². The number of carbonyl (C=O) groups excluding carboxylic acids is 2. The minimum absolute atomic E-state index is 0.0619. The van der Waals surface area contributed by atoms with Gasteiger partial charge in [-0.15, -0.1) is 0 Å². The Morgan fingerprint density at radius 3 is 2.62 bits per heavy atom. The molecule has 0 saturated heterocycles. The molecule has 0 fully saturated rings. The largest absolute Gasteiger partial charge is 0.479 e. The highest BCUT2D eigenvalue weighted by Crippen LogP contribution is 2.19. The van der Waals surface area contributed by atoms with Crippen molar-refractivity contribution in [3.05, 3.63) is 58.9 Å². The lowest BCUT2D eigenvalue weighted by Gasteiger charge is -2.09. The summed E-state index contributed by atoms with van der Waals surface area (Å²) in [6, 6.07) is 10.7. The minimum atomic E-state index is -0.782. The van der Waals surface area contributed by atoms with Crippen LogP contribution in [0.3, 0.4) is 0 Å². The number of carbonyl (C=O) groups is 2. The van der Waals surface area contributed by atoms with E-state index in [0.29, 0.717) is 10.7 Å². The van der Waals surface area contributed by atoms with E-state index in [1.807, 2.05) is 6.92 Å². The van der Waals surface area contributed by atoms with Crippen LogP contribution in [0.15, 0.2) is 42.5 Å². The number of hydrogen-bond acceptors (Lipinski definition) is 4. The van der Waals surface area contributed by atoms with E-state index < -0.39 is 30.9 Å². The van der Waals surface area contributed by atoms with E-state index in [1.54, 1.807) is 24.3 Å². The van der Waals surface area contributed by atoms with Crippen molar-refractivity contribution in [2.75, 3.05) is 18.5 Å². The number of halogens is 2. The molecule has 7 heteroatoms. The molecule has 0 aliphatic carbocycles. The third kappa shape index (κ3) is 5.24. The van der Waals surface area contributed by atoms with Crippen LogP contribution < -0.4 is 10.1 Å². The molecule has 2 aromatic rings. The molecule has 0 unspecified atom stereocenters. The number of aryl methyl sites for hydroxylation is 1. The summed E-state index contributed by atoms with van der Waals surface area (Å²) >= 11 is 5.95. The maximum absolute atomic E-state index is 13.3. The summed E-state index contributed by atoms with van der Waals surface area (Å²) in [4.78, 5) is 23.2. The topological polar surface area (TPSA) is 64.6 Å². The Bertz CT molecular complexity index is 751. The van der Waals surface area contributed by atoms with E-state index in [2.05, 4.69) is 5.32 Å². The zero-order chi connectivity index (χ0) is 17.5. The standard InChI is InChI=1S/C17H15ClFNO4/c1-11-6-7-12(8-13(11)18)20-16(21)9-24-17(22)10-23-15-5-3-2-4-14(15)19/h2-8H,9-10H2,1H3,(H,20,21). The van der Waals surface area contributed by atoms with Crippen molar-refractivity contribution in [3.8, 4) is 5.75 Å². The summed E-state index contributed by atoms with van der Waals surface area (Å²) in [7, 11) is 0. The Kier molecular flexibility index (Phi) is 6.14. The lowest BCUT2D eigenvalue weighted by atomic mass is 10.2. The second kappa shape index (κ2) is 8.31. The molecule has 0 spiro atoms. The number of nitrogens with one attached hydrogen (secondary N) is 1. The molecule has 0 aliphatic heterocycles. The monoisotopic (exact) mass is 351 g/mol. The van der Waals surface area contributed by atoms with Gasteiger partial charge < -0.3 is 14.8 Å². The van der Waals surface area contributed by atoms with Crippen LogP contribution in [0.25, 0.3) is 0 Å². The third-order valence-electron chi connectivity index (χ3n) is 3.00. The van der Waals surface area contributed by atoms with Crippen LogP contribution in [0, 0.1) is 12.7 Å². The summed E-state index contributed by atoms with van der Waals surface area (Å²) in [6.07, 6.45) is 0. The second-order valence-corrected chi connectivity index (χ2v) is 5.30. The molecule has 1 amide bonds. The molecule has 1 N–H and O–H groups in total. The molecular formula is C17H15ClFNO4. The fourth-order valence-electron chi connectivity index (χ4n) is 1.75. The first-order chi connectivity index (χ1) is 11.5. The maximum Gasteiger partial charge on any atom is 0.344 e. The molecule has 0 atom stereocenters. The smallest absolute Gasteiger partial charge is 0.344 e. The van der Waals surface area contributed by atoms with Gasteiger partial charge in [0.25, 0.3) is 5.91 Å². The Hall–Kier alpha value is -2.60. The van der Waals surface area contributed by atoms with Gasteiger partial charge in [-0.2, -0.15) is 0 Å². The molecule has 0 radical (unpaired) electrons. The number of para-hydroxylation sites is 1. The van der Waals surface area contributed by atoms with Gasteiger partial charge in [-0.1, -0.05) is 29.8 Å². The van der Waals surface area contributed by atoms with E-state index in [4.69, 9.17) is 21.1 Å². The molecular weight excluding hydrogens is 337 g/mol. The fraction of sp³-hybridized carbons (Fsp3) is 0.176. The average molecular weight is 352 g/mol. The molecule has 0 aliphatic rings. The predicted octanol–water partition coefficient (Wildman–Crippen LogP) is 3.35. The van der Waals surface area contributed by atoms with Gasteiger partial charge in [0.15, 0.2) is 24.8 Å². The zero-order valence-corrected chi connectivity index (χ0v) is 13.6. The van der Waals surface area contributed by atoms with Crippen LogP contribution in [0.5, 0.6) is 5.75 Å². The van der Waals surface area contributed by atoms with Crippen molar-refractivity contribution in [2.24, 2.45) is 0 Å². The van der Waals surface area contributed by atoms with Crippen molar-refractivity contribution in [2.45, 2.75) is 6.92 Å². The highest BCUT2D eigenvalue weighted by molar-refractivity contribution is 6.31. The van der Waals surface area contributed by atoms with E-state index in [9.17, 15) is 14.0 Å². The summed E-state index contributed by atoms with van der Waals surface area (Å²) in [5.74, 6) is -1.95. The summed E-state index contributed by atoms with van der Waals surface area (Å²) in [5.41, 5.74) is 1.38. The van der Waals surface area contributed by atoms with Crippen molar-refractivity contribution in [1.82, 2.24) is 0 Å². The van der Waals surface area contributed by atoms with E-state index in [0.717, 1.165) is 5.56 Å². The van der Waals surface area contributed by atoms with Gasteiger partial charge in [-0.3, -0.25) is 4.79 Å². The van der Waals surface area contributed by atoms with E-state index >= 15 is 0 Å². The maximum atomic E-state index is 13.3. The third-order valence-corrected chi connectivity index (χ3v) is 3.41. The number of hydrogen-bond donors (Lipinski definition) is 1. The van der Waals surface area contributed by atoms with Crippen LogP contribution in [0.4, 0.5) is 10.1 Å². The van der Waals surface area contributed by atoms with Crippen molar-refractivity contribution < 1.29 is 23.5 Å². The van der Waals surface area contributed by atoms with Gasteiger partial charge in [0.1, 0.15) is 0 Å². The quantitative estimate of drug-likeness (QED) is 0.811. The minimum Gasteiger partial charge on any atom is -0.479 e. The lowest BCUT2D eigenvalue weighted by molar-refractivity contribution is -0.149. The predicted molar refractivity (Wildman–Crippen MR) is 87.7 cm³/mol. The Balaban J connectivity index is 1.76. The molecule has 2 rings (SSSR count). The van der Waals surface area contributed by atoms with Crippen LogP contribution in [-0.2, 0) is 14.3 Å². The average Bonchev–Trinajstić information content (AvgIpc) is 2.55. The fourth-order valence-corrected chi connectivity index (χ4v) is 1.93. The summed E-state index contributed by atoms with van der Waals surface area (Å²) in [5, 5.41) is 3.06. The van der Waals surface area contributed by atoms with Crippen LogP contribution in [-0.4, -0.2) is 25.1 Å². The van der Waals surface area contributed by atoms with Crippen LogP contribution >= 0.6 is 11.6 Å². The lowest BCUT2D eigenvalue weighted by Crippen LogP contribution is -2.23. The van der Waals surface area contributed by atoms with Gasteiger partial charge in [0, 0.05) is 10.7 Å². The SMILES string of the molecule is Cc1ccc(NC(=O)COC(=O)COc2ccccc2F)cc1Cl. The second-order valence-electron chi connectivity index (χ2n) is 4.89. The molecule has 5 nitrogen and oxygen atoms in total. The molecule has 0 bridgehead atoms. The first kappa shape index (κ1) is 17.7. The Morgan fingerprint density at radius 1 is 1.17 bits per heavy atom. The van der Waals surface area contributed by atoms with E-state index in [-0.39, 0.29) is 5.75 Å². The molecule has 0 aromatic heterocycles. The van der Waals surface area contributed by atoms with Gasteiger partial charge in [-0.25, -0.2) is 9.18 Å². The number of ether oxygens (including phenoxy) is 2. The summed E-state index contributed by atoms with van der Waals surface area (Å²) < 4.78 is 23.0. The van der Waals surface area contributed by atoms with Gasteiger partial charge >= 0.3 is 5.97 Å². The first-order valence-corrected chi connectivity index (χ1v) is 7.42. The Morgan fingerprint density at radius 2 is 1.92 bits per heavy atom. The molecule has 126 valence electrons. The zero-order valence-electron chi connectivity index (χ0n) is 12.8. The number of rotatable bonds is 6. The Labute approximate surface area is 143 Å². The number of esters is 1. The van der Waals surface area contributed by atoms with Gasteiger partial charge in [0.2, 0.25) is 0 Å². The molecule has 0 heterocycles. The van der Waals surface area contributed by atoms with Gasteiger partial charge in [-0.05, 0) is 36.8 Å². The highest BCUT2D eigenvalue weighted by atomic mass is 35.5. The first-order valence-electron chi connectivity index (χ1n) is 7.04. The number of amides is 1. The van der Waals surface area contributed by atoms with Crippen molar-refractivity contribution in [3.63, 3.8) is 0 Å². The van der Waals surface area contributed by atoms with Crippen LogP contribution in [0.1, 0.15) is 5.56 Å². The number of benzene rings is 2. The molecule has 0 saturated carbocycles. The highest BCUT2D eigenvalue weighted by Gasteiger charge is 2.10. The molecule has 2 aromatic carbocycles. The van der Waals surface area contributed by atoms with Crippen LogP contribution in [0.2, 0.25) is 5.02 Å². The van der Waals surface area contributed by atoms with E-state index in [1.165, 1.54) is 18.2 Å².